The number of rotatable bonds is 7. The Morgan fingerprint density at radius 2 is 1.97 bits per heavy atom. The highest BCUT2D eigenvalue weighted by atomic mass is 16.5. The lowest BCUT2D eigenvalue weighted by molar-refractivity contribution is 0.136. The molecule has 8 nitrogen and oxygen atoms in total. The molecule has 0 aliphatic carbocycles. The highest BCUT2D eigenvalue weighted by Crippen LogP contribution is 2.22. The summed E-state index contributed by atoms with van der Waals surface area (Å²) in [4.78, 5) is 32.1. The highest BCUT2D eigenvalue weighted by Gasteiger charge is 2.25. The summed E-state index contributed by atoms with van der Waals surface area (Å²) in [5.41, 5.74) is 1.05. The summed E-state index contributed by atoms with van der Waals surface area (Å²) >= 11 is 0. The van der Waals surface area contributed by atoms with Crippen molar-refractivity contribution in [2.24, 2.45) is 7.05 Å². The van der Waals surface area contributed by atoms with Crippen molar-refractivity contribution in [3.8, 4) is 5.75 Å². The lowest BCUT2D eigenvalue weighted by Crippen LogP contribution is -2.41. The van der Waals surface area contributed by atoms with Crippen molar-refractivity contribution in [2.75, 3.05) is 32.7 Å². The van der Waals surface area contributed by atoms with E-state index in [0.717, 1.165) is 0 Å². The van der Waals surface area contributed by atoms with Crippen molar-refractivity contribution in [3.63, 3.8) is 0 Å². The molecule has 0 saturated carbocycles. The summed E-state index contributed by atoms with van der Waals surface area (Å²) in [6, 6.07) is 13.5. The number of fused-ring (bicyclic) bond motifs is 1. The zero-order valence-corrected chi connectivity index (χ0v) is 17.6. The molecular formula is C22H26N4O4. The van der Waals surface area contributed by atoms with Crippen LogP contribution in [0.3, 0.4) is 0 Å². The smallest absolute Gasteiger partial charge is 0.322 e. The molecule has 1 aromatic heterocycles. The molecule has 0 radical (unpaired) electrons. The molecule has 158 valence electrons. The van der Waals surface area contributed by atoms with Crippen molar-refractivity contribution >= 4 is 22.6 Å². The summed E-state index contributed by atoms with van der Waals surface area (Å²) < 4.78 is 11.9. The maximum atomic E-state index is 13.1. The van der Waals surface area contributed by atoms with Gasteiger partial charge in [0, 0.05) is 32.5 Å². The Kier molecular flexibility index (Phi) is 6.68. The molecule has 0 aliphatic rings. The monoisotopic (exact) mass is 410 g/mol. The Balaban J connectivity index is 1.94. The predicted octanol–water partition coefficient (Wildman–Crippen LogP) is 3.18. The van der Waals surface area contributed by atoms with E-state index in [1.807, 2.05) is 13.0 Å². The summed E-state index contributed by atoms with van der Waals surface area (Å²) in [6.07, 6.45) is 0. The number of nitrogens with zero attached hydrogens (tertiary/aromatic N) is 3. The zero-order chi connectivity index (χ0) is 21.7. The molecule has 1 N–H and O–H groups in total. The van der Waals surface area contributed by atoms with Gasteiger partial charge in [-0.2, -0.15) is 0 Å². The van der Waals surface area contributed by atoms with Crippen LogP contribution in [0.4, 0.5) is 10.5 Å². The maximum Gasteiger partial charge on any atom is 0.322 e. The molecule has 30 heavy (non-hydrogen) atoms. The van der Waals surface area contributed by atoms with Crippen LogP contribution in [0, 0.1) is 0 Å². The number of urea groups is 1. The number of hydrogen-bond acceptors (Lipinski definition) is 5. The molecule has 0 spiro atoms. The topological polar surface area (TPSA) is 85.7 Å². The van der Waals surface area contributed by atoms with E-state index in [1.54, 1.807) is 68.6 Å². The number of anilines is 1. The van der Waals surface area contributed by atoms with Crippen LogP contribution in [0.5, 0.6) is 5.75 Å². The molecule has 8 heteroatoms. The molecule has 3 aromatic rings. The SMILES string of the molecule is COCCN(C(=O)Nc1cccc(OC)c1)C(C)c1nc2ccccc2c(=O)n1C. The number of methoxy groups -OCH3 is 2. The van der Waals surface area contributed by atoms with Gasteiger partial charge in [-0.1, -0.05) is 18.2 Å². The number of carbonyl (C=O) groups excluding carboxylic acids is 1. The normalized spacial score (nSPS) is 11.9. The van der Waals surface area contributed by atoms with Crippen LogP contribution < -0.4 is 15.6 Å². The van der Waals surface area contributed by atoms with Crippen molar-refractivity contribution in [1.82, 2.24) is 14.5 Å². The molecular weight excluding hydrogens is 384 g/mol. The van der Waals surface area contributed by atoms with E-state index in [4.69, 9.17) is 9.47 Å². The fourth-order valence-electron chi connectivity index (χ4n) is 3.30. The lowest BCUT2D eigenvalue weighted by Gasteiger charge is -2.30. The Morgan fingerprint density at radius 3 is 2.70 bits per heavy atom. The quantitative estimate of drug-likeness (QED) is 0.647. The third-order valence-electron chi connectivity index (χ3n) is 4.98. The fourth-order valence-corrected chi connectivity index (χ4v) is 3.30. The third-order valence-corrected chi connectivity index (χ3v) is 4.98. The van der Waals surface area contributed by atoms with Crippen molar-refractivity contribution in [1.29, 1.82) is 0 Å². The van der Waals surface area contributed by atoms with Crippen LogP contribution in [0.2, 0.25) is 0 Å². The number of carbonyl (C=O) groups is 1. The van der Waals surface area contributed by atoms with Gasteiger partial charge in [-0.15, -0.1) is 0 Å². The van der Waals surface area contributed by atoms with Gasteiger partial charge >= 0.3 is 6.03 Å². The first-order valence-electron chi connectivity index (χ1n) is 9.62. The van der Waals surface area contributed by atoms with E-state index in [-0.39, 0.29) is 11.6 Å². The Bertz CT molecular complexity index is 1100. The molecule has 2 aromatic carbocycles. The standard InChI is InChI=1S/C22H26N4O4/c1-15(20-24-19-11-6-5-10-18(19)21(27)25(20)2)26(12-13-29-3)22(28)23-16-8-7-9-17(14-16)30-4/h5-11,14-15H,12-13H2,1-4H3,(H,23,28). The van der Waals surface area contributed by atoms with Gasteiger partial charge in [0.2, 0.25) is 0 Å². The fraction of sp³-hybridized carbons (Fsp3) is 0.318. The van der Waals surface area contributed by atoms with E-state index in [2.05, 4.69) is 10.3 Å². The van der Waals surface area contributed by atoms with E-state index in [1.165, 1.54) is 4.57 Å². The van der Waals surface area contributed by atoms with Crippen LogP contribution >= 0.6 is 0 Å². The summed E-state index contributed by atoms with van der Waals surface area (Å²) in [6.45, 7) is 2.52. The first-order chi connectivity index (χ1) is 14.5. The Hall–Kier alpha value is -3.39. The van der Waals surface area contributed by atoms with E-state index < -0.39 is 6.04 Å². The van der Waals surface area contributed by atoms with Gasteiger partial charge in [0.25, 0.3) is 5.56 Å². The molecule has 0 bridgehead atoms. The van der Waals surface area contributed by atoms with E-state index in [0.29, 0.717) is 41.3 Å². The Labute approximate surface area is 175 Å². The molecule has 1 atom stereocenters. The maximum absolute atomic E-state index is 13.1. The second-order valence-electron chi connectivity index (χ2n) is 6.88. The molecule has 0 saturated heterocycles. The summed E-state index contributed by atoms with van der Waals surface area (Å²) in [5.74, 6) is 1.14. The molecule has 3 rings (SSSR count). The Morgan fingerprint density at radius 1 is 1.20 bits per heavy atom. The first-order valence-corrected chi connectivity index (χ1v) is 9.62. The van der Waals surface area contributed by atoms with Gasteiger partial charge in [-0.3, -0.25) is 9.36 Å². The minimum absolute atomic E-state index is 0.151. The zero-order valence-electron chi connectivity index (χ0n) is 17.6. The van der Waals surface area contributed by atoms with Crippen LogP contribution in [0.25, 0.3) is 10.9 Å². The van der Waals surface area contributed by atoms with Crippen molar-refractivity contribution in [2.45, 2.75) is 13.0 Å². The number of amides is 2. The van der Waals surface area contributed by atoms with Crippen LogP contribution in [0.1, 0.15) is 18.8 Å². The molecule has 1 unspecified atom stereocenters. The third kappa shape index (κ3) is 4.44. The molecule has 2 amide bonds. The largest absolute Gasteiger partial charge is 0.497 e. The van der Waals surface area contributed by atoms with Crippen LogP contribution in [-0.2, 0) is 11.8 Å². The average molecular weight is 410 g/mol. The molecule has 0 fully saturated rings. The number of para-hydroxylation sites is 1. The second kappa shape index (κ2) is 9.41. The predicted molar refractivity (Wildman–Crippen MR) is 116 cm³/mol. The summed E-state index contributed by atoms with van der Waals surface area (Å²) in [7, 11) is 4.81. The van der Waals surface area contributed by atoms with Crippen LogP contribution in [0.15, 0.2) is 53.3 Å². The van der Waals surface area contributed by atoms with Crippen LogP contribution in [-0.4, -0.2) is 47.9 Å². The average Bonchev–Trinajstić information content (AvgIpc) is 2.76. The number of aromatic nitrogens is 2. The summed E-state index contributed by atoms with van der Waals surface area (Å²) in [5, 5.41) is 3.43. The van der Waals surface area contributed by atoms with E-state index in [9.17, 15) is 9.59 Å². The lowest BCUT2D eigenvalue weighted by atomic mass is 10.2. The van der Waals surface area contributed by atoms with Gasteiger partial charge < -0.3 is 19.7 Å². The van der Waals surface area contributed by atoms with Gasteiger partial charge in [0.15, 0.2) is 0 Å². The number of ether oxygens (including phenoxy) is 2. The first kappa shape index (κ1) is 21.3. The molecule has 0 aliphatic heterocycles. The minimum atomic E-state index is -0.465. The van der Waals surface area contributed by atoms with Gasteiger partial charge in [0.05, 0.1) is 30.7 Å². The minimum Gasteiger partial charge on any atom is -0.497 e. The number of nitrogens with one attached hydrogen (secondary N) is 1. The van der Waals surface area contributed by atoms with Gasteiger partial charge in [-0.05, 0) is 31.2 Å². The van der Waals surface area contributed by atoms with Gasteiger partial charge in [-0.25, -0.2) is 9.78 Å². The second-order valence-corrected chi connectivity index (χ2v) is 6.88. The van der Waals surface area contributed by atoms with Gasteiger partial charge in [0.1, 0.15) is 11.6 Å². The van der Waals surface area contributed by atoms with Crippen molar-refractivity contribution < 1.29 is 14.3 Å². The highest BCUT2D eigenvalue weighted by molar-refractivity contribution is 5.89. The van der Waals surface area contributed by atoms with Crippen molar-refractivity contribution in [3.05, 3.63) is 64.7 Å². The number of benzene rings is 2. The van der Waals surface area contributed by atoms with E-state index >= 15 is 0 Å². The number of hydrogen-bond donors (Lipinski definition) is 1. The molecule has 1 heterocycles.